The van der Waals surface area contributed by atoms with Crippen LogP contribution in [0.2, 0.25) is 0 Å². The van der Waals surface area contributed by atoms with E-state index in [1.54, 1.807) is 0 Å². The highest BCUT2D eigenvalue weighted by Gasteiger charge is 2.19. The predicted molar refractivity (Wildman–Crippen MR) is 344 cm³/mol. The lowest BCUT2D eigenvalue weighted by atomic mass is 10.0. The monoisotopic (exact) mass is 1110 g/mol. The lowest BCUT2D eigenvalue weighted by Gasteiger charge is -2.18. The van der Waals surface area contributed by atoms with Crippen LogP contribution in [0.3, 0.4) is 0 Å². The predicted octanol–water partition coefficient (Wildman–Crippen LogP) is 24.1. The van der Waals surface area contributed by atoms with Gasteiger partial charge in [-0.15, -0.1) is 0 Å². The van der Waals surface area contributed by atoms with Crippen molar-refractivity contribution in [3.05, 3.63) is 48.6 Å². The van der Waals surface area contributed by atoms with E-state index in [0.29, 0.717) is 19.3 Å². The van der Waals surface area contributed by atoms with Gasteiger partial charge in [0, 0.05) is 19.3 Å². The number of ether oxygens (including phenoxy) is 3. The molecule has 0 aromatic heterocycles. The van der Waals surface area contributed by atoms with Crippen LogP contribution in [0, 0.1) is 0 Å². The van der Waals surface area contributed by atoms with Crippen LogP contribution in [0.5, 0.6) is 0 Å². The topological polar surface area (TPSA) is 78.9 Å². The minimum Gasteiger partial charge on any atom is -0.462 e. The van der Waals surface area contributed by atoms with Crippen molar-refractivity contribution in [2.24, 2.45) is 0 Å². The molecule has 0 aromatic rings. The number of unbranched alkanes of at least 4 members (excludes halogenated alkanes) is 46. The average Bonchev–Trinajstić information content (AvgIpc) is 3.45. The Labute approximate surface area is 492 Å². The van der Waals surface area contributed by atoms with Gasteiger partial charge in [-0.2, -0.15) is 0 Å². The summed E-state index contributed by atoms with van der Waals surface area (Å²) in [7, 11) is 0. The van der Waals surface area contributed by atoms with Crippen LogP contribution >= 0.6 is 0 Å². The summed E-state index contributed by atoms with van der Waals surface area (Å²) in [5.41, 5.74) is 0. The number of rotatable bonds is 65. The van der Waals surface area contributed by atoms with Gasteiger partial charge >= 0.3 is 17.9 Å². The summed E-state index contributed by atoms with van der Waals surface area (Å²) < 4.78 is 16.9. The molecule has 0 amide bonds. The Hall–Kier alpha value is -2.63. The van der Waals surface area contributed by atoms with Gasteiger partial charge < -0.3 is 14.2 Å². The zero-order valence-corrected chi connectivity index (χ0v) is 53.2. The molecule has 0 radical (unpaired) electrons. The van der Waals surface area contributed by atoms with Gasteiger partial charge in [-0.1, -0.05) is 326 Å². The molecule has 79 heavy (non-hydrogen) atoms. The Balaban J connectivity index is 4.10. The van der Waals surface area contributed by atoms with Crippen LogP contribution in [-0.2, 0) is 28.6 Å². The molecule has 0 N–H and O–H groups in total. The van der Waals surface area contributed by atoms with Gasteiger partial charge in [0.05, 0.1) is 0 Å². The summed E-state index contributed by atoms with van der Waals surface area (Å²) in [6.07, 6.45) is 85.8. The molecule has 0 aliphatic carbocycles. The van der Waals surface area contributed by atoms with Crippen molar-refractivity contribution in [1.29, 1.82) is 0 Å². The van der Waals surface area contributed by atoms with Gasteiger partial charge in [0.2, 0.25) is 0 Å². The summed E-state index contributed by atoms with van der Waals surface area (Å²) in [6.45, 7) is 6.66. The van der Waals surface area contributed by atoms with Crippen molar-refractivity contribution < 1.29 is 28.6 Å². The second-order valence-electron chi connectivity index (χ2n) is 23.8. The minimum atomic E-state index is -0.771. The van der Waals surface area contributed by atoms with Crippen LogP contribution in [0.1, 0.15) is 380 Å². The van der Waals surface area contributed by atoms with E-state index in [9.17, 15) is 14.4 Å². The largest absolute Gasteiger partial charge is 0.462 e. The number of hydrogen-bond acceptors (Lipinski definition) is 6. The molecule has 0 aliphatic rings. The molecular weight excluding hydrogens is 973 g/mol. The molecule has 0 spiro atoms. The summed E-state index contributed by atoms with van der Waals surface area (Å²) in [5, 5.41) is 0. The van der Waals surface area contributed by atoms with Gasteiger partial charge in [0.25, 0.3) is 0 Å². The third kappa shape index (κ3) is 66.1. The SMILES string of the molecule is CCCCCCC/C=C\C/C=C\C/C=C\CCCCCCCCCCCCCCCCCCC(=O)OCC(COC(=O)CCCCCCCCCCC)OC(=O)CCCCCCCCCCC/C=C\CCCCCCCCCC. The minimum absolute atomic E-state index is 0.0690. The van der Waals surface area contributed by atoms with E-state index < -0.39 is 6.10 Å². The molecule has 0 saturated heterocycles. The maximum absolute atomic E-state index is 12.9. The van der Waals surface area contributed by atoms with Crippen molar-refractivity contribution in [3.8, 4) is 0 Å². The molecule has 1 unspecified atom stereocenters. The number of carbonyl (C=O) groups is 3. The van der Waals surface area contributed by atoms with Crippen molar-refractivity contribution >= 4 is 17.9 Å². The van der Waals surface area contributed by atoms with Gasteiger partial charge in [0.1, 0.15) is 13.2 Å². The standard InChI is InChI=1S/C73H134O6/c1-4-7-10-13-16-19-21-23-25-27-29-31-32-33-34-35-36-37-38-39-40-42-43-45-47-49-51-54-57-60-63-66-72(75)78-69-70(68-77-71(74)65-62-59-56-53-18-15-12-9-6-3)79-73(76)67-64-61-58-55-52-50-48-46-44-41-30-28-26-24-22-20-17-14-11-8-5-2/h21,23,27-30,32-33,70H,4-20,22,24-26,31,34-69H2,1-3H3/b23-21-,29-27-,30-28-,33-32-. The first-order chi connectivity index (χ1) is 39.0. The fourth-order valence-electron chi connectivity index (χ4n) is 10.5. The second-order valence-corrected chi connectivity index (χ2v) is 23.8. The zero-order valence-electron chi connectivity index (χ0n) is 53.2. The smallest absolute Gasteiger partial charge is 0.306 e. The van der Waals surface area contributed by atoms with Crippen LogP contribution in [0.25, 0.3) is 0 Å². The highest BCUT2D eigenvalue weighted by Crippen LogP contribution is 2.18. The zero-order chi connectivity index (χ0) is 57.1. The lowest BCUT2D eigenvalue weighted by Crippen LogP contribution is -2.30. The Morgan fingerprint density at radius 3 is 0.722 bits per heavy atom. The van der Waals surface area contributed by atoms with Gasteiger partial charge in [0.15, 0.2) is 6.10 Å². The molecule has 0 bridgehead atoms. The van der Waals surface area contributed by atoms with E-state index in [0.717, 1.165) is 70.6 Å². The van der Waals surface area contributed by atoms with E-state index in [1.165, 1.54) is 270 Å². The van der Waals surface area contributed by atoms with E-state index in [4.69, 9.17) is 14.2 Å². The molecule has 0 aromatic carbocycles. The van der Waals surface area contributed by atoms with Crippen molar-refractivity contribution in [3.63, 3.8) is 0 Å². The molecule has 1 atom stereocenters. The van der Waals surface area contributed by atoms with E-state index in [-0.39, 0.29) is 31.1 Å². The fraction of sp³-hybridized carbons (Fsp3) is 0.849. The molecule has 0 aliphatic heterocycles. The Morgan fingerprint density at radius 2 is 0.456 bits per heavy atom. The van der Waals surface area contributed by atoms with Crippen LogP contribution in [-0.4, -0.2) is 37.2 Å². The molecule has 0 rings (SSSR count). The molecule has 6 nitrogen and oxygen atoms in total. The van der Waals surface area contributed by atoms with Gasteiger partial charge in [-0.3, -0.25) is 14.4 Å². The van der Waals surface area contributed by atoms with Crippen molar-refractivity contribution in [2.45, 2.75) is 386 Å². The summed E-state index contributed by atoms with van der Waals surface area (Å²) >= 11 is 0. The van der Waals surface area contributed by atoms with Crippen LogP contribution < -0.4 is 0 Å². The van der Waals surface area contributed by atoms with E-state index in [2.05, 4.69) is 69.4 Å². The first kappa shape index (κ1) is 76.4. The molecule has 0 heterocycles. The Kier molecular flexibility index (Phi) is 65.6. The summed E-state index contributed by atoms with van der Waals surface area (Å²) in [6, 6.07) is 0. The van der Waals surface area contributed by atoms with E-state index >= 15 is 0 Å². The lowest BCUT2D eigenvalue weighted by molar-refractivity contribution is -0.167. The molecular formula is C73H134O6. The van der Waals surface area contributed by atoms with Crippen LogP contribution in [0.4, 0.5) is 0 Å². The molecule has 0 fully saturated rings. The molecule has 0 saturated carbocycles. The van der Waals surface area contributed by atoms with E-state index in [1.807, 2.05) is 0 Å². The quantitative estimate of drug-likeness (QED) is 0.0261. The number of hydrogen-bond donors (Lipinski definition) is 0. The highest BCUT2D eigenvalue weighted by atomic mass is 16.6. The molecule has 6 heteroatoms. The summed E-state index contributed by atoms with van der Waals surface area (Å²) in [4.78, 5) is 38.3. The maximum Gasteiger partial charge on any atom is 0.306 e. The normalized spacial score (nSPS) is 12.3. The van der Waals surface area contributed by atoms with Crippen LogP contribution in [0.15, 0.2) is 48.6 Å². The fourth-order valence-corrected chi connectivity index (χ4v) is 10.5. The maximum atomic E-state index is 12.9. The summed E-state index contributed by atoms with van der Waals surface area (Å²) in [5.74, 6) is -0.850. The van der Waals surface area contributed by atoms with Gasteiger partial charge in [-0.25, -0.2) is 0 Å². The first-order valence-corrected chi connectivity index (χ1v) is 35.1. The number of esters is 3. The highest BCUT2D eigenvalue weighted by molar-refractivity contribution is 5.71. The Bertz CT molecular complexity index is 1360. The van der Waals surface area contributed by atoms with Gasteiger partial charge in [-0.05, 0) is 83.5 Å². The second kappa shape index (κ2) is 67.9. The van der Waals surface area contributed by atoms with Crippen molar-refractivity contribution in [2.75, 3.05) is 13.2 Å². The third-order valence-electron chi connectivity index (χ3n) is 15.8. The third-order valence-corrected chi connectivity index (χ3v) is 15.8. The Morgan fingerprint density at radius 1 is 0.253 bits per heavy atom. The average molecular weight is 1110 g/mol. The number of allylic oxidation sites excluding steroid dienone is 8. The van der Waals surface area contributed by atoms with Crippen molar-refractivity contribution in [1.82, 2.24) is 0 Å². The molecule has 462 valence electrons. The number of carbonyl (C=O) groups excluding carboxylic acids is 3. The first-order valence-electron chi connectivity index (χ1n) is 35.1.